The van der Waals surface area contributed by atoms with Crippen LogP contribution in [0, 0.1) is 11.6 Å². The molecule has 23 heavy (non-hydrogen) atoms. The maximum Gasteiger partial charge on any atom is 0.255 e. The molecule has 1 amide bonds. The summed E-state index contributed by atoms with van der Waals surface area (Å²) in [5, 5.41) is 6.80. The number of nitrogens with zero attached hydrogens (tertiary/aromatic N) is 2. The van der Waals surface area contributed by atoms with Gasteiger partial charge in [0.2, 0.25) is 0 Å². The molecule has 2 aromatic carbocycles. The molecule has 0 aliphatic rings. The number of rotatable bonds is 4. The van der Waals surface area contributed by atoms with Crippen LogP contribution in [-0.4, -0.2) is 15.7 Å². The lowest BCUT2D eigenvalue weighted by Gasteiger charge is -2.03. The number of nitrogens with one attached hydrogen (secondary N) is 1. The van der Waals surface area contributed by atoms with Gasteiger partial charge in [0.05, 0.1) is 18.4 Å². The summed E-state index contributed by atoms with van der Waals surface area (Å²) in [4.78, 5) is 12.0. The number of carbonyl (C=O) groups is 1. The standard InChI is InChI=1S/C17H13F2N3O/c18-14-6-4-13(5-7-14)17(23)21-16-9-20-22(11-16)10-12-2-1-3-15(19)8-12/h1-9,11H,10H2,(H,21,23). The number of benzene rings is 2. The third kappa shape index (κ3) is 3.79. The van der Waals surface area contributed by atoms with E-state index >= 15 is 0 Å². The maximum atomic E-state index is 13.1. The molecule has 0 atom stereocenters. The van der Waals surface area contributed by atoms with Crippen molar-refractivity contribution < 1.29 is 13.6 Å². The predicted molar refractivity (Wildman–Crippen MR) is 82.1 cm³/mol. The zero-order valence-corrected chi connectivity index (χ0v) is 12.0. The fraction of sp³-hybridized carbons (Fsp3) is 0.0588. The maximum absolute atomic E-state index is 13.1. The monoisotopic (exact) mass is 313 g/mol. The van der Waals surface area contributed by atoms with Crippen LogP contribution >= 0.6 is 0 Å². The largest absolute Gasteiger partial charge is 0.319 e. The SMILES string of the molecule is O=C(Nc1cnn(Cc2cccc(F)c2)c1)c1ccc(F)cc1. The first kappa shape index (κ1) is 14.9. The lowest BCUT2D eigenvalue weighted by atomic mass is 10.2. The summed E-state index contributed by atoms with van der Waals surface area (Å²) >= 11 is 0. The van der Waals surface area contributed by atoms with Gasteiger partial charge in [-0.1, -0.05) is 12.1 Å². The Morgan fingerprint density at radius 3 is 2.61 bits per heavy atom. The van der Waals surface area contributed by atoms with Gasteiger partial charge in [-0.25, -0.2) is 8.78 Å². The van der Waals surface area contributed by atoms with Crippen LogP contribution in [-0.2, 0) is 6.54 Å². The molecule has 6 heteroatoms. The zero-order valence-electron chi connectivity index (χ0n) is 12.0. The molecule has 0 saturated carbocycles. The number of aromatic nitrogens is 2. The molecule has 0 fully saturated rings. The number of hydrogen-bond acceptors (Lipinski definition) is 2. The third-order valence-electron chi connectivity index (χ3n) is 3.23. The third-order valence-corrected chi connectivity index (χ3v) is 3.23. The first-order valence-corrected chi connectivity index (χ1v) is 6.94. The first-order valence-electron chi connectivity index (χ1n) is 6.94. The summed E-state index contributed by atoms with van der Waals surface area (Å²) in [7, 11) is 0. The Bertz CT molecular complexity index is 828. The van der Waals surface area contributed by atoms with Gasteiger partial charge in [-0.05, 0) is 42.0 Å². The molecule has 0 saturated heterocycles. The van der Waals surface area contributed by atoms with Crippen LogP contribution in [0.4, 0.5) is 14.5 Å². The minimum atomic E-state index is -0.399. The summed E-state index contributed by atoms with van der Waals surface area (Å²) in [6.07, 6.45) is 3.15. The van der Waals surface area contributed by atoms with E-state index in [1.165, 1.54) is 42.6 Å². The molecule has 1 N–H and O–H groups in total. The highest BCUT2D eigenvalue weighted by molar-refractivity contribution is 6.04. The highest BCUT2D eigenvalue weighted by Crippen LogP contribution is 2.11. The molecule has 0 aliphatic carbocycles. The van der Waals surface area contributed by atoms with Gasteiger partial charge >= 0.3 is 0 Å². The van der Waals surface area contributed by atoms with Crippen molar-refractivity contribution in [2.75, 3.05) is 5.32 Å². The van der Waals surface area contributed by atoms with Crippen molar-refractivity contribution in [1.82, 2.24) is 9.78 Å². The van der Waals surface area contributed by atoms with Crippen molar-refractivity contribution in [2.45, 2.75) is 6.54 Å². The highest BCUT2D eigenvalue weighted by Gasteiger charge is 2.08. The second-order valence-electron chi connectivity index (χ2n) is 5.02. The van der Waals surface area contributed by atoms with E-state index < -0.39 is 5.82 Å². The van der Waals surface area contributed by atoms with Crippen molar-refractivity contribution in [3.63, 3.8) is 0 Å². The Morgan fingerprint density at radius 2 is 1.87 bits per heavy atom. The molecule has 0 bridgehead atoms. The highest BCUT2D eigenvalue weighted by atomic mass is 19.1. The van der Waals surface area contributed by atoms with Crippen molar-refractivity contribution >= 4 is 11.6 Å². The van der Waals surface area contributed by atoms with Crippen molar-refractivity contribution in [2.24, 2.45) is 0 Å². The second-order valence-corrected chi connectivity index (χ2v) is 5.02. The van der Waals surface area contributed by atoms with Gasteiger partial charge in [-0.15, -0.1) is 0 Å². The summed E-state index contributed by atoms with van der Waals surface area (Å²) in [5.41, 5.74) is 1.63. The van der Waals surface area contributed by atoms with Crippen LogP contribution in [0.5, 0.6) is 0 Å². The van der Waals surface area contributed by atoms with E-state index in [2.05, 4.69) is 10.4 Å². The topological polar surface area (TPSA) is 46.9 Å². The van der Waals surface area contributed by atoms with Crippen LogP contribution in [0.3, 0.4) is 0 Å². The van der Waals surface area contributed by atoms with Gasteiger partial charge in [-0.3, -0.25) is 9.48 Å². The van der Waals surface area contributed by atoms with E-state index in [9.17, 15) is 13.6 Å². The quantitative estimate of drug-likeness (QED) is 0.802. The summed E-state index contributed by atoms with van der Waals surface area (Å²) < 4.78 is 27.6. The van der Waals surface area contributed by atoms with E-state index in [-0.39, 0.29) is 11.7 Å². The van der Waals surface area contributed by atoms with Crippen LogP contribution < -0.4 is 5.32 Å². The van der Waals surface area contributed by atoms with Crippen LogP contribution in [0.1, 0.15) is 15.9 Å². The van der Waals surface area contributed by atoms with Gasteiger partial charge in [0, 0.05) is 11.8 Å². The predicted octanol–water partition coefficient (Wildman–Crippen LogP) is 3.46. The molecule has 0 spiro atoms. The number of carbonyl (C=O) groups excluding carboxylic acids is 1. The zero-order chi connectivity index (χ0) is 16.2. The van der Waals surface area contributed by atoms with Gasteiger partial charge in [0.15, 0.2) is 0 Å². The van der Waals surface area contributed by atoms with Gasteiger partial charge in [0.25, 0.3) is 5.91 Å². The van der Waals surface area contributed by atoms with Crippen molar-refractivity contribution in [3.8, 4) is 0 Å². The van der Waals surface area contributed by atoms with Crippen LogP contribution in [0.15, 0.2) is 60.9 Å². The molecular weight excluding hydrogens is 300 g/mol. The molecular formula is C17H13F2N3O. The second kappa shape index (κ2) is 6.39. The van der Waals surface area contributed by atoms with Crippen LogP contribution in [0.25, 0.3) is 0 Å². The van der Waals surface area contributed by atoms with Crippen molar-refractivity contribution in [1.29, 1.82) is 0 Å². The van der Waals surface area contributed by atoms with Gasteiger partial charge in [0.1, 0.15) is 11.6 Å². The number of anilines is 1. The summed E-state index contributed by atoms with van der Waals surface area (Å²) in [6, 6.07) is 11.5. The average Bonchev–Trinajstić information content (AvgIpc) is 2.95. The summed E-state index contributed by atoms with van der Waals surface area (Å²) in [6.45, 7) is 0.393. The fourth-order valence-corrected chi connectivity index (χ4v) is 2.14. The lowest BCUT2D eigenvalue weighted by molar-refractivity contribution is 0.102. The Morgan fingerprint density at radius 1 is 1.09 bits per heavy atom. The molecule has 4 nitrogen and oxygen atoms in total. The molecule has 0 unspecified atom stereocenters. The minimum absolute atomic E-state index is 0.306. The summed E-state index contributed by atoms with van der Waals surface area (Å²) in [5.74, 6) is -1.06. The van der Waals surface area contributed by atoms with Gasteiger partial charge in [-0.2, -0.15) is 5.10 Å². The fourth-order valence-electron chi connectivity index (χ4n) is 2.14. The number of amides is 1. The molecule has 1 aromatic heterocycles. The molecule has 3 aromatic rings. The first-order chi connectivity index (χ1) is 11.1. The Kier molecular flexibility index (Phi) is 4.14. The molecule has 0 radical (unpaired) electrons. The minimum Gasteiger partial charge on any atom is -0.319 e. The van der Waals surface area contributed by atoms with E-state index in [4.69, 9.17) is 0 Å². The lowest BCUT2D eigenvalue weighted by Crippen LogP contribution is -2.11. The molecule has 0 aliphatic heterocycles. The van der Waals surface area contributed by atoms with E-state index in [0.717, 1.165) is 5.56 Å². The number of halogens is 2. The smallest absolute Gasteiger partial charge is 0.255 e. The molecule has 3 rings (SSSR count). The average molecular weight is 313 g/mol. The van der Waals surface area contributed by atoms with Gasteiger partial charge < -0.3 is 5.32 Å². The Labute approximate surface area is 131 Å². The number of hydrogen-bond donors (Lipinski definition) is 1. The van der Waals surface area contributed by atoms with E-state index in [1.807, 2.05) is 0 Å². The van der Waals surface area contributed by atoms with E-state index in [0.29, 0.717) is 17.8 Å². The molecule has 116 valence electrons. The van der Waals surface area contributed by atoms with E-state index in [1.54, 1.807) is 23.0 Å². The van der Waals surface area contributed by atoms with Crippen molar-refractivity contribution in [3.05, 3.63) is 83.7 Å². The Balaban J connectivity index is 1.67. The Hall–Kier alpha value is -3.02. The van der Waals surface area contributed by atoms with Crippen LogP contribution in [0.2, 0.25) is 0 Å². The normalized spacial score (nSPS) is 10.5. The molecule has 1 heterocycles.